The van der Waals surface area contributed by atoms with Gasteiger partial charge in [0.25, 0.3) is 11.8 Å². The Morgan fingerprint density at radius 3 is 2.63 bits per heavy atom. The topological polar surface area (TPSA) is 102 Å². The van der Waals surface area contributed by atoms with Crippen LogP contribution in [-0.2, 0) is 24.1 Å². The molecule has 106 valence electrons. The van der Waals surface area contributed by atoms with E-state index in [2.05, 4.69) is 4.94 Å². The Balaban J connectivity index is 2.19. The van der Waals surface area contributed by atoms with Crippen LogP contribution < -0.4 is 5.48 Å². The first-order chi connectivity index (χ1) is 9.04. The summed E-state index contributed by atoms with van der Waals surface area (Å²) in [7, 11) is 0. The summed E-state index contributed by atoms with van der Waals surface area (Å²) in [6, 6.07) is 0. The largest absolute Gasteiger partial charge is 0.448 e. The summed E-state index contributed by atoms with van der Waals surface area (Å²) in [6.45, 7) is 1.94. The number of carbonyl (C=O) groups is 4. The number of hydrogen-bond acceptors (Lipinski definition) is 6. The second kappa shape index (κ2) is 7.47. The molecule has 1 saturated heterocycles. The van der Waals surface area contributed by atoms with E-state index in [0.717, 1.165) is 6.29 Å². The van der Waals surface area contributed by atoms with Crippen molar-refractivity contribution in [2.75, 3.05) is 6.61 Å². The van der Waals surface area contributed by atoms with Gasteiger partial charge in [-0.1, -0.05) is 6.92 Å². The Bertz CT molecular complexity index is 354. The Labute approximate surface area is 109 Å². The van der Waals surface area contributed by atoms with E-state index < -0.39 is 17.9 Å². The zero-order chi connectivity index (χ0) is 14.3. The van der Waals surface area contributed by atoms with E-state index in [1.807, 2.05) is 12.4 Å². The average Bonchev–Trinajstić information content (AvgIpc) is 2.71. The van der Waals surface area contributed by atoms with Gasteiger partial charge in [-0.05, 0) is 12.3 Å². The highest BCUT2D eigenvalue weighted by molar-refractivity contribution is 6.00. The third kappa shape index (κ3) is 5.04. The molecular weight excluding hydrogens is 256 g/mol. The molecule has 1 atom stereocenters. The molecule has 0 aromatic heterocycles. The molecule has 0 aliphatic carbocycles. The number of carbonyl (C=O) groups excluding carboxylic acids is 4. The van der Waals surface area contributed by atoms with Crippen molar-refractivity contribution in [3.05, 3.63) is 0 Å². The SMILES string of the molecule is CC(CCC=O)COC(=O)NON1C(=O)CCC1=O. The molecule has 1 rings (SSSR count). The molecule has 1 aliphatic heterocycles. The summed E-state index contributed by atoms with van der Waals surface area (Å²) in [5.41, 5.74) is 1.85. The Kier molecular flexibility index (Phi) is 5.94. The molecule has 0 radical (unpaired) electrons. The molecule has 1 N–H and O–H groups in total. The van der Waals surface area contributed by atoms with Gasteiger partial charge in [-0.2, -0.15) is 5.48 Å². The molecule has 0 aromatic carbocycles. The number of amides is 3. The van der Waals surface area contributed by atoms with Gasteiger partial charge in [0.1, 0.15) is 6.29 Å². The zero-order valence-corrected chi connectivity index (χ0v) is 10.6. The summed E-state index contributed by atoms with van der Waals surface area (Å²) in [6.07, 6.45) is 1.05. The Morgan fingerprint density at radius 2 is 2.05 bits per heavy atom. The summed E-state index contributed by atoms with van der Waals surface area (Å²) in [4.78, 5) is 48.2. The van der Waals surface area contributed by atoms with Crippen LogP contribution in [0.4, 0.5) is 4.79 Å². The highest BCUT2D eigenvalue weighted by atomic mass is 16.8. The fourth-order valence-corrected chi connectivity index (χ4v) is 1.42. The molecule has 0 aromatic rings. The fourth-order valence-electron chi connectivity index (χ4n) is 1.42. The number of hydrogen-bond donors (Lipinski definition) is 1. The van der Waals surface area contributed by atoms with E-state index in [4.69, 9.17) is 4.74 Å². The van der Waals surface area contributed by atoms with Crippen LogP contribution in [0.2, 0.25) is 0 Å². The van der Waals surface area contributed by atoms with E-state index >= 15 is 0 Å². The van der Waals surface area contributed by atoms with Crippen LogP contribution >= 0.6 is 0 Å². The van der Waals surface area contributed by atoms with E-state index in [0.29, 0.717) is 17.9 Å². The van der Waals surface area contributed by atoms with Crippen LogP contribution in [0.5, 0.6) is 0 Å². The van der Waals surface area contributed by atoms with Crippen molar-refractivity contribution in [3.63, 3.8) is 0 Å². The fraction of sp³-hybridized carbons (Fsp3) is 0.636. The number of imide groups is 1. The lowest BCUT2D eigenvalue weighted by molar-refractivity contribution is -0.203. The van der Waals surface area contributed by atoms with Crippen LogP contribution in [0, 0.1) is 5.92 Å². The lowest BCUT2D eigenvalue weighted by Gasteiger charge is -2.14. The minimum atomic E-state index is -0.898. The first-order valence-corrected chi connectivity index (χ1v) is 5.93. The summed E-state index contributed by atoms with van der Waals surface area (Å²) < 4.78 is 4.79. The number of ether oxygens (including phenoxy) is 1. The smallest absolute Gasteiger partial charge is 0.433 e. The Hall–Kier alpha value is -1.96. The van der Waals surface area contributed by atoms with E-state index in [1.54, 1.807) is 0 Å². The molecule has 0 spiro atoms. The van der Waals surface area contributed by atoms with Gasteiger partial charge in [-0.3, -0.25) is 9.59 Å². The van der Waals surface area contributed by atoms with Crippen molar-refractivity contribution < 1.29 is 28.9 Å². The normalized spacial score (nSPS) is 16.4. The van der Waals surface area contributed by atoms with Gasteiger partial charge >= 0.3 is 6.09 Å². The lowest BCUT2D eigenvalue weighted by atomic mass is 10.1. The van der Waals surface area contributed by atoms with E-state index in [-0.39, 0.29) is 25.4 Å². The maximum atomic E-state index is 11.2. The van der Waals surface area contributed by atoms with Gasteiger partial charge in [0, 0.05) is 19.3 Å². The number of rotatable bonds is 7. The molecule has 1 aliphatic rings. The summed E-state index contributed by atoms with van der Waals surface area (Å²) in [5.74, 6) is -0.986. The number of nitrogens with one attached hydrogen (secondary N) is 1. The first kappa shape index (κ1) is 15.1. The van der Waals surface area contributed by atoms with Gasteiger partial charge < -0.3 is 9.53 Å². The maximum absolute atomic E-state index is 11.2. The third-order valence-corrected chi connectivity index (χ3v) is 2.50. The lowest BCUT2D eigenvalue weighted by Crippen LogP contribution is -2.38. The molecular formula is C11H16N2O6. The number of aldehydes is 1. The Morgan fingerprint density at radius 1 is 1.42 bits per heavy atom. The molecule has 1 fully saturated rings. The molecule has 0 bridgehead atoms. The highest BCUT2D eigenvalue weighted by Crippen LogP contribution is 2.10. The molecule has 3 amide bonds. The van der Waals surface area contributed by atoms with Crippen molar-refractivity contribution in [3.8, 4) is 0 Å². The van der Waals surface area contributed by atoms with Crippen molar-refractivity contribution in [1.29, 1.82) is 0 Å². The second-order valence-electron chi connectivity index (χ2n) is 4.22. The van der Waals surface area contributed by atoms with Gasteiger partial charge in [0.05, 0.1) is 6.61 Å². The van der Waals surface area contributed by atoms with Crippen molar-refractivity contribution >= 4 is 24.2 Å². The van der Waals surface area contributed by atoms with Crippen LogP contribution in [0.15, 0.2) is 0 Å². The number of nitrogens with zero attached hydrogens (tertiary/aromatic N) is 1. The minimum absolute atomic E-state index is 0.0333. The maximum Gasteiger partial charge on any atom is 0.433 e. The minimum Gasteiger partial charge on any atom is -0.448 e. The van der Waals surface area contributed by atoms with Crippen molar-refractivity contribution in [2.24, 2.45) is 5.92 Å². The predicted molar refractivity (Wildman–Crippen MR) is 61.1 cm³/mol. The molecule has 1 heterocycles. The zero-order valence-electron chi connectivity index (χ0n) is 10.6. The highest BCUT2D eigenvalue weighted by Gasteiger charge is 2.31. The third-order valence-electron chi connectivity index (χ3n) is 2.50. The predicted octanol–water partition coefficient (Wildman–Crippen LogP) is 0.323. The van der Waals surface area contributed by atoms with Crippen LogP contribution in [0.1, 0.15) is 32.6 Å². The van der Waals surface area contributed by atoms with Gasteiger partial charge in [-0.25, -0.2) is 4.79 Å². The van der Waals surface area contributed by atoms with Crippen molar-refractivity contribution in [1.82, 2.24) is 10.5 Å². The quantitative estimate of drug-likeness (QED) is 0.407. The van der Waals surface area contributed by atoms with Crippen LogP contribution in [0.3, 0.4) is 0 Å². The molecule has 8 nitrogen and oxygen atoms in total. The average molecular weight is 272 g/mol. The first-order valence-electron chi connectivity index (χ1n) is 5.93. The van der Waals surface area contributed by atoms with Crippen LogP contribution in [0.25, 0.3) is 0 Å². The molecule has 1 unspecified atom stereocenters. The van der Waals surface area contributed by atoms with E-state index in [9.17, 15) is 19.2 Å². The van der Waals surface area contributed by atoms with Crippen LogP contribution in [-0.4, -0.2) is 35.9 Å². The molecule has 8 heteroatoms. The van der Waals surface area contributed by atoms with Gasteiger partial charge in [-0.15, -0.1) is 10.0 Å². The van der Waals surface area contributed by atoms with Gasteiger partial charge in [0.15, 0.2) is 0 Å². The standard InChI is InChI=1S/C11H16N2O6/c1-8(3-2-6-14)7-18-11(17)12-19-13-9(15)4-5-10(13)16/h6,8H,2-5,7H2,1H3,(H,12,17). The summed E-state index contributed by atoms with van der Waals surface area (Å²) in [5, 5.41) is 0.497. The monoisotopic (exact) mass is 272 g/mol. The second-order valence-corrected chi connectivity index (χ2v) is 4.22. The van der Waals surface area contributed by atoms with Gasteiger partial charge in [0.2, 0.25) is 0 Å². The molecule has 19 heavy (non-hydrogen) atoms. The van der Waals surface area contributed by atoms with Crippen molar-refractivity contribution in [2.45, 2.75) is 32.6 Å². The summed E-state index contributed by atoms with van der Waals surface area (Å²) >= 11 is 0. The number of hydroxylamine groups is 3. The molecule has 0 saturated carbocycles. The van der Waals surface area contributed by atoms with E-state index in [1.165, 1.54) is 0 Å².